The van der Waals surface area contributed by atoms with Crippen LogP contribution in [0.4, 0.5) is 0 Å². The van der Waals surface area contributed by atoms with Crippen molar-refractivity contribution in [2.45, 2.75) is 58.1 Å². The molecule has 1 aliphatic rings. The van der Waals surface area contributed by atoms with Crippen LogP contribution in [0, 0.1) is 0 Å². The van der Waals surface area contributed by atoms with Gasteiger partial charge in [-0.3, -0.25) is 4.79 Å². The van der Waals surface area contributed by atoms with Crippen molar-refractivity contribution in [2.75, 3.05) is 19.8 Å². The van der Waals surface area contributed by atoms with Crippen molar-refractivity contribution >= 4 is 5.97 Å². The summed E-state index contributed by atoms with van der Waals surface area (Å²) >= 11 is 0. The van der Waals surface area contributed by atoms with Crippen molar-refractivity contribution < 1.29 is 14.3 Å². The van der Waals surface area contributed by atoms with Crippen LogP contribution in [0.1, 0.15) is 47.0 Å². The first-order chi connectivity index (χ1) is 7.96. The Labute approximate surface area is 104 Å². The van der Waals surface area contributed by atoms with Gasteiger partial charge in [-0.15, -0.1) is 0 Å². The Bertz CT molecular complexity index is 265. The zero-order chi connectivity index (χ0) is 12.9. The van der Waals surface area contributed by atoms with E-state index >= 15 is 0 Å². The van der Waals surface area contributed by atoms with Crippen molar-refractivity contribution in [2.24, 2.45) is 0 Å². The molecule has 1 heterocycles. The van der Waals surface area contributed by atoms with E-state index in [0.717, 1.165) is 13.0 Å². The molecule has 0 bridgehead atoms. The van der Waals surface area contributed by atoms with Gasteiger partial charge in [0.25, 0.3) is 0 Å². The molecule has 0 aromatic rings. The average Bonchev–Trinajstić information content (AvgIpc) is 2.25. The maximum absolute atomic E-state index is 12.2. The first-order valence-electron chi connectivity index (χ1n) is 6.52. The number of hydrogen-bond donors (Lipinski definition) is 1. The molecule has 0 amide bonds. The Hall–Kier alpha value is -0.610. The molecule has 1 N–H and O–H groups in total. The molecule has 1 unspecified atom stereocenters. The van der Waals surface area contributed by atoms with Gasteiger partial charge in [0.05, 0.1) is 12.2 Å². The maximum atomic E-state index is 12.2. The van der Waals surface area contributed by atoms with Crippen LogP contribution in [0.5, 0.6) is 0 Å². The van der Waals surface area contributed by atoms with Crippen LogP contribution in [-0.2, 0) is 14.3 Å². The molecule has 1 saturated heterocycles. The molecular weight excluding hydrogens is 218 g/mol. The van der Waals surface area contributed by atoms with Crippen LogP contribution in [0.2, 0.25) is 0 Å². The Balaban J connectivity index is 2.81. The van der Waals surface area contributed by atoms with E-state index in [2.05, 4.69) is 12.2 Å². The van der Waals surface area contributed by atoms with Gasteiger partial charge in [0.15, 0.2) is 0 Å². The monoisotopic (exact) mass is 243 g/mol. The third-order valence-electron chi connectivity index (χ3n) is 3.13. The normalized spacial score (nSPS) is 27.8. The molecule has 0 aliphatic carbocycles. The topological polar surface area (TPSA) is 47.6 Å². The fraction of sp³-hybridized carbons (Fsp3) is 0.923. The van der Waals surface area contributed by atoms with E-state index in [9.17, 15) is 4.79 Å². The number of rotatable bonds is 5. The molecule has 1 aliphatic heterocycles. The Kier molecular flexibility index (Phi) is 4.95. The number of carbonyl (C=O) groups excluding carboxylic acids is 1. The van der Waals surface area contributed by atoms with E-state index in [1.54, 1.807) is 0 Å². The van der Waals surface area contributed by atoms with Gasteiger partial charge in [0.2, 0.25) is 0 Å². The first kappa shape index (κ1) is 14.5. The number of esters is 1. The van der Waals surface area contributed by atoms with E-state index < -0.39 is 5.54 Å². The van der Waals surface area contributed by atoms with Gasteiger partial charge in [-0.05, 0) is 40.2 Å². The minimum atomic E-state index is -0.562. The lowest BCUT2D eigenvalue weighted by Crippen LogP contribution is -2.60. The summed E-state index contributed by atoms with van der Waals surface area (Å²) in [5.41, 5.74) is -0.834. The standard InChI is InChI=1S/C13H25NO3/c1-5-8-14-13(11(15)16-6-2)7-9-17-12(3,4)10-13/h14H,5-10H2,1-4H3. The minimum absolute atomic E-state index is 0.134. The van der Waals surface area contributed by atoms with Gasteiger partial charge < -0.3 is 14.8 Å². The highest BCUT2D eigenvalue weighted by atomic mass is 16.5. The van der Waals surface area contributed by atoms with Crippen LogP contribution in [-0.4, -0.2) is 36.9 Å². The van der Waals surface area contributed by atoms with Gasteiger partial charge in [-0.25, -0.2) is 0 Å². The molecule has 0 saturated carbocycles. The van der Waals surface area contributed by atoms with E-state index in [1.807, 2.05) is 20.8 Å². The van der Waals surface area contributed by atoms with Crippen molar-refractivity contribution in [3.63, 3.8) is 0 Å². The first-order valence-corrected chi connectivity index (χ1v) is 6.52. The summed E-state index contributed by atoms with van der Waals surface area (Å²) in [4.78, 5) is 12.2. The van der Waals surface area contributed by atoms with Crippen molar-refractivity contribution in [3.05, 3.63) is 0 Å². The molecule has 0 radical (unpaired) electrons. The molecule has 4 heteroatoms. The Morgan fingerprint density at radius 1 is 1.41 bits per heavy atom. The van der Waals surface area contributed by atoms with Gasteiger partial charge in [-0.2, -0.15) is 0 Å². The number of ether oxygens (including phenoxy) is 2. The summed E-state index contributed by atoms with van der Waals surface area (Å²) in [5.74, 6) is -0.134. The fourth-order valence-corrected chi connectivity index (χ4v) is 2.40. The second-order valence-corrected chi connectivity index (χ2v) is 5.26. The average molecular weight is 243 g/mol. The SMILES string of the molecule is CCCNC1(C(=O)OCC)CCOC(C)(C)C1. The Morgan fingerprint density at radius 2 is 2.12 bits per heavy atom. The Morgan fingerprint density at radius 3 is 2.65 bits per heavy atom. The number of carbonyl (C=O) groups is 1. The molecule has 0 spiro atoms. The lowest BCUT2D eigenvalue weighted by atomic mass is 9.81. The highest BCUT2D eigenvalue weighted by Crippen LogP contribution is 2.33. The van der Waals surface area contributed by atoms with Gasteiger partial charge in [-0.1, -0.05) is 6.92 Å². The van der Waals surface area contributed by atoms with Crippen LogP contribution in [0.25, 0.3) is 0 Å². The van der Waals surface area contributed by atoms with Crippen LogP contribution in [0.3, 0.4) is 0 Å². The van der Waals surface area contributed by atoms with Crippen molar-refractivity contribution in [1.82, 2.24) is 5.32 Å². The third-order valence-corrected chi connectivity index (χ3v) is 3.13. The summed E-state index contributed by atoms with van der Waals surface area (Å²) in [6.07, 6.45) is 2.36. The molecule has 17 heavy (non-hydrogen) atoms. The summed E-state index contributed by atoms with van der Waals surface area (Å²) in [6.45, 7) is 9.83. The van der Waals surface area contributed by atoms with Crippen LogP contribution < -0.4 is 5.32 Å². The van der Waals surface area contributed by atoms with Crippen molar-refractivity contribution in [1.29, 1.82) is 0 Å². The van der Waals surface area contributed by atoms with E-state index in [0.29, 0.717) is 26.1 Å². The predicted molar refractivity (Wildman–Crippen MR) is 66.9 cm³/mol. The van der Waals surface area contributed by atoms with E-state index in [-0.39, 0.29) is 11.6 Å². The summed E-state index contributed by atoms with van der Waals surface area (Å²) < 4.78 is 10.9. The molecular formula is C13H25NO3. The lowest BCUT2D eigenvalue weighted by Gasteiger charge is -2.43. The molecule has 1 rings (SSSR count). The molecule has 1 atom stereocenters. The molecule has 4 nitrogen and oxygen atoms in total. The van der Waals surface area contributed by atoms with Crippen LogP contribution >= 0.6 is 0 Å². The second kappa shape index (κ2) is 5.83. The quantitative estimate of drug-likeness (QED) is 0.749. The fourth-order valence-electron chi connectivity index (χ4n) is 2.40. The predicted octanol–water partition coefficient (Wildman–Crippen LogP) is 1.88. The second-order valence-electron chi connectivity index (χ2n) is 5.26. The highest BCUT2D eigenvalue weighted by Gasteiger charge is 2.47. The summed E-state index contributed by atoms with van der Waals surface area (Å²) in [7, 11) is 0. The molecule has 100 valence electrons. The lowest BCUT2D eigenvalue weighted by molar-refractivity contribution is -0.164. The zero-order valence-electron chi connectivity index (χ0n) is 11.5. The largest absolute Gasteiger partial charge is 0.465 e. The summed E-state index contributed by atoms with van der Waals surface area (Å²) in [6, 6.07) is 0. The molecule has 0 aromatic heterocycles. The molecule has 1 fully saturated rings. The van der Waals surface area contributed by atoms with Gasteiger partial charge in [0, 0.05) is 13.0 Å². The minimum Gasteiger partial charge on any atom is -0.465 e. The zero-order valence-corrected chi connectivity index (χ0v) is 11.5. The smallest absolute Gasteiger partial charge is 0.326 e. The highest BCUT2D eigenvalue weighted by molar-refractivity contribution is 5.81. The van der Waals surface area contributed by atoms with Gasteiger partial charge >= 0.3 is 5.97 Å². The van der Waals surface area contributed by atoms with Gasteiger partial charge in [0.1, 0.15) is 5.54 Å². The van der Waals surface area contributed by atoms with Crippen molar-refractivity contribution in [3.8, 4) is 0 Å². The molecule has 0 aromatic carbocycles. The summed E-state index contributed by atoms with van der Waals surface area (Å²) in [5, 5.41) is 3.37. The van der Waals surface area contributed by atoms with Crippen LogP contribution in [0.15, 0.2) is 0 Å². The van der Waals surface area contributed by atoms with E-state index in [1.165, 1.54) is 0 Å². The van der Waals surface area contributed by atoms with E-state index in [4.69, 9.17) is 9.47 Å². The number of nitrogens with one attached hydrogen (secondary N) is 1. The number of hydrogen-bond acceptors (Lipinski definition) is 4. The third kappa shape index (κ3) is 3.68. The maximum Gasteiger partial charge on any atom is 0.326 e.